The molecule has 0 bridgehead atoms. The Labute approximate surface area is 95.8 Å². The summed E-state index contributed by atoms with van der Waals surface area (Å²) in [4.78, 5) is 13.2. The van der Waals surface area contributed by atoms with Gasteiger partial charge >= 0.3 is 0 Å². The smallest absolute Gasteiger partial charge is 0.146 e. The molecule has 0 fully saturated rings. The molecule has 0 aliphatic rings. The Hall–Kier alpha value is -0.890. The molecule has 0 amide bonds. The van der Waals surface area contributed by atoms with E-state index in [9.17, 15) is 4.79 Å². The van der Waals surface area contributed by atoms with Gasteiger partial charge in [-0.15, -0.1) is 11.3 Å². The molecular formula is C13H18OS. The zero-order chi connectivity index (χ0) is 11.5. The zero-order valence-electron chi connectivity index (χ0n) is 9.83. The van der Waals surface area contributed by atoms with Crippen LogP contribution in [0, 0.1) is 0 Å². The van der Waals surface area contributed by atoms with Crippen LogP contribution in [-0.4, -0.2) is 6.29 Å². The largest absolute Gasteiger partial charge is 0.298 e. The quantitative estimate of drug-likeness (QED) is 0.557. The van der Waals surface area contributed by atoms with E-state index in [-0.39, 0.29) is 5.41 Å². The summed E-state index contributed by atoms with van der Waals surface area (Å²) in [5, 5.41) is 0. The van der Waals surface area contributed by atoms with E-state index in [2.05, 4.69) is 32.9 Å². The van der Waals surface area contributed by atoms with E-state index in [1.807, 2.05) is 13.0 Å². The lowest BCUT2D eigenvalue weighted by molar-refractivity contribution is -0.104. The fourth-order valence-electron chi connectivity index (χ4n) is 1.24. The number of allylic oxidation sites excluding steroid dienone is 1. The summed E-state index contributed by atoms with van der Waals surface area (Å²) in [5.41, 5.74) is 1.06. The van der Waals surface area contributed by atoms with Crippen LogP contribution in [0.1, 0.15) is 43.9 Å². The maximum absolute atomic E-state index is 10.7. The normalized spacial score (nSPS) is 12.9. The third kappa shape index (κ3) is 3.31. The van der Waals surface area contributed by atoms with Gasteiger partial charge in [-0.3, -0.25) is 4.79 Å². The van der Waals surface area contributed by atoms with Gasteiger partial charge in [-0.05, 0) is 35.6 Å². The fourth-order valence-corrected chi connectivity index (χ4v) is 2.28. The van der Waals surface area contributed by atoms with E-state index in [1.165, 1.54) is 9.75 Å². The zero-order valence-corrected chi connectivity index (χ0v) is 10.6. The van der Waals surface area contributed by atoms with Crippen molar-refractivity contribution in [3.8, 4) is 0 Å². The van der Waals surface area contributed by atoms with Gasteiger partial charge in [-0.1, -0.05) is 27.7 Å². The highest BCUT2D eigenvalue weighted by atomic mass is 32.1. The topological polar surface area (TPSA) is 17.1 Å². The predicted molar refractivity (Wildman–Crippen MR) is 67.4 cm³/mol. The van der Waals surface area contributed by atoms with Crippen LogP contribution in [0.15, 0.2) is 17.7 Å². The first-order valence-electron chi connectivity index (χ1n) is 5.23. The van der Waals surface area contributed by atoms with Gasteiger partial charge in [0.1, 0.15) is 6.29 Å². The first-order valence-corrected chi connectivity index (χ1v) is 6.05. The second kappa shape index (κ2) is 4.75. The monoisotopic (exact) mass is 222 g/mol. The Morgan fingerprint density at radius 1 is 1.40 bits per heavy atom. The first-order chi connectivity index (χ1) is 6.97. The van der Waals surface area contributed by atoms with E-state index in [4.69, 9.17) is 0 Å². The molecular weight excluding hydrogens is 204 g/mol. The van der Waals surface area contributed by atoms with Gasteiger partial charge in [-0.25, -0.2) is 0 Å². The van der Waals surface area contributed by atoms with Crippen LogP contribution in [0.25, 0.3) is 6.08 Å². The SMILES string of the molecule is CC/C(C=O)=C/c1ccc(C(C)(C)C)s1. The molecule has 0 saturated carbocycles. The second-order valence-corrected chi connectivity index (χ2v) is 5.76. The Morgan fingerprint density at radius 2 is 2.07 bits per heavy atom. The van der Waals surface area contributed by atoms with Crippen molar-refractivity contribution in [2.45, 2.75) is 39.5 Å². The first kappa shape index (κ1) is 12.2. The Bertz CT molecular complexity index is 366. The molecule has 0 spiro atoms. The van der Waals surface area contributed by atoms with Crippen molar-refractivity contribution in [3.05, 3.63) is 27.5 Å². The van der Waals surface area contributed by atoms with Gasteiger partial charge in [0.05, 0.1) is 0 Å². The highest BCUT2D eigenvalue weighted by Crippen LogP contribution is 2.30. The van der Waals surface area contributed by atoms with Crippen molar-refractivity contribution in [2.24, 2.45) is 0 Å². The van der Waals surface area contributed by atoms with Crippen molar-refractivity contribution in [1.82, 2.24) is 0 Å². The van der Waals surface area contributed by atoms with Crippen molar-refractivity contribution in [3.63, 3.8) is 0 Å². The molecule has 0 radical (unpaired) electrons. The molecule has 0 aromatic carbocycles. The molecule has 0 N–H and O–H groups in total. The van der Waals surface area contributed by atoms with Crippen LogP contribution in [-0.2, 0) is 10.2 Å². The van der Waals surface area contributed by atoms with E-state index in [0.717, 1.165) is 18.3 Å². The van der Waals surface area contributed by atoms with Crippen LogP contribution < -0.4 is 0 Å². The maximum Gasteiger partial charge on any atom is 0.146 e. The van der Waals surface area contributed by atoms with Crippen molar-refractivity contribution < 1.29 is 4.79 Å². The van der Waals surface area contributed by atoms with Crippen LogP contribution in [0.3, 0.4) is 0 Å². The maximum atomic E-state index is 10.7. The highest BCUT2D eigenvalue weighted by molar-refractivity contribution is 7.13. The summed E-state index contributed by atoms with van der Waals surface area (Å²) < 4.78 is 0. The summed E-state index contributed by atoms with van der Waals surface area (Å²) in [6, 6.07) is 4.24. The third-order valence-corrected chi connectivity index (χ3v) is 3.71. The molecule has 1 nitrogen and oxygen atoms in total. The minimum atomic E-state index is 0.199. The fraction of sp³-hybridized carbons (Fsp3) is 0.462. The van der Waals surface area contributed by atoms with E-state index < -0.39 is 0 Å². The standard InChI is InChI=1S/C13H18OS/c1-5-10(9-14)8-11-6-7-12(15-11)13(2,3)4/h6-9H,5H2,1-4H3/b10-8-. The summed E-state index contributed by atoms with van der Waals surface area (Å²) >= 11 is 1.76. The molecule has 1 aromatic rings. The molecule has 2 heteroatoms. The number of aldehydes is 1. The van der Waals surface area contributed by atoms with Crippen LogP contribution in [0.2, 0.25) is 0 Å². The minimum Gasteiger partial charge on any atom is -0.298 e. The predicted octanol–water partition coefficient (Wildman–Crippen LogP) is 4.04. The van der Waals surface area contributed by atoms with Crippen LogP contribution in [0.5, 0.6) is 0 Å². The van der Waals surface area contributed by atoms with Crippen LogP contribution >= 0.6 is 11.3 Å². The molecule has 0 aliphatic heterocycles. The average molecular weight is 222 g/mol. The van der Waals surface area contributed by atoms with Gasteiger partial charge < -0.3 is 0 Å². The lowest BCUT2D eigenvalue weighted by Gasteiger charge is -2.15. The van der Waals surface area contributed by atoms with Gasteiger partial charge in [0.25, 0.3) is 0 Å². The second-order valence-electron chi connectivity index (χ2n) is 4.64. The van der Waals surface area contributed by atoms with Crippen LogP contribution in [0.4, 0.5) is 0 Å². The van der Waals surface area contributed by atoms with Gasteiger partial charge in [0, 0.05) is 9.75 Å². The van der Waals surface area contributed by atoms with E-state index in [0.29, 0.717) is 0 Å². The highest BCUT2D eigenvalue weighted by Gasteiger charge is 2.15. The lowest BCUT2D eigenvalue weighted by atomic mass is 9.95. The Morgan fingerprint density at radius 3 is 2.47 bits per heavy atom. The summed E-state index contributed by atoms with van der Waals surface area (Å²) in [6.45, 7) is 8.60. The number of carbonyl (C=O) groups is 1. The molecule has 1 aromatic heterocycles. The molecule has 0 saturated heterocycles. The lowest BCUT2D eigenvalue weighted by Crippen LogP contribution is -2.07. The third-order valence-electron chi connectivity index (χ3n) is 2.25. The van der Waals surface area contributed by atoms with Crippen molar-refractivity contribution >= 4 is 23.7 Å². The Balaban J connectivity index is 2.95. The summed E-state index contributed by atoms with van der Waals surface area (Å²) in [5.74, 6) is 0. The van der Waals surface area contributed by atoms with Gasteiger partial charge in [0.2, 0.25) is 0 Å². The number of hydrogen-bond donors (Lipinski definition) is 0. The number of thiophene rings is 1. The molecule has 0 atom stereocenters. The average Bonchev–Trinajstić information content (AvgIpc) is 2.61. The van der Waals surface area contributed by atoms with Gasteiger partial charge in [-0.2, -0.15) is 0 Å². The van der Waals surface area contributed by atoms with Crippen molar-refractivity contribution in [1.29, 1.82) is 0 Å². The molecule has 0 unspecified atom stereocenters. The van der Waals surface area contributed by atoms with E-state index in [1.54, 1.807) is 11.3 Å². The molecule has 1 rings (SSSR count). The Kier molecular flexibility index (Phi) is 3.86. The molecule has 0 aliphatic carbocycles. The number of carbonyl (C=O) groups excluding carboxylic acids is 1. The minimum absolute atomic E-state index is 0.199. The van der Waals surface area contributed by atoms with Gasteiger partial charge in [0.15, 0.2) is 0 Å². The van der Waals surface area contributed by atoms with E-state index >= 15 is 0 Å². The molecule has 1 heterocycles. The molecule has 15 heavy (non-hydrogen) atoms. The summed E-state index contributed by atoms with van der Waals surface area (Å²) in [7, 11) is 0. The number of rotatable bonds is 3. The summed E-state index contributed by atoms with van der Waals surface area (Å²) in [6.07, 6.45) is 3.72. The number of hydrogen-bond acceptors (Lipinski definition) is 2. The molecule has 82 valence electrons. The van der Waals surface area contributed by atoms with Crippen molar-refractivity contribution in [2.75, 3.05) is 0 Å².